The Morgan fingerprint density at radius 1 is 1.35 bits per heavy atom. The number of carboxylic acid groups (broad SMARTS) is 1. The number of likely N-dealkylation sites (tertiary alicyclic amines) is 1. The molecular weight excluding hydrogens is 303 g/mol. The highest BCUT2D eigenvalue weighted by Crippen LogP contribution is 2.38. The van der Waals surface area contributed by atoms with Crippen molar-refractivity contribution in [3.05, 3.63) is 23.1 Å². The molecule has 2 atom stereocenters. The lowest BCUT2D eigenvalue weighted by Gasteiger charge is -2.17. The second kappa shape index (κ2) is 5.01. The maximum Gasteiger partial charge on any atom is 0.394 e. The highest BCUT2D eigenvalue weighted by Gasteiger charge is 2.53. The molecule has 1 aliphatic rings. The van der Waals surface area contributed by atoms with E-state index in [4.69, 9.17) is 21.1 Å². The molecular formula is C11H9ClF3NO4. The van der Waals surface area contributed by atoms with Gasteiger partial charge in [-0.15, -0.1) is 0 Å². The summed E-state index contributed by atoms with van der Waals surface area (Å²) in [7, 11) is 0. The summed E-state index contributed by atoms with van der Waals surface area (Å²) in [6.45, 7) is -1.23. The second-order valence-corrected chi connectivity index (χ2v) is 4.78. The Balaban J connectivity index is 2.20. The molecule has 1 aromatic heterocycles. The van der Waals surface area contributed by atoms with E-state index in [0.717, 1.165) is 4.90 Å². The molecule has 20 heavy (non-hydrogen) atoms. The lowest BCUT2D eigenvalue weighted by molar-refractivity contribution is -0.187. The third-order valence-corrected chi connectivity index (χ3v) is 3.33. The normalized spacial score (nSPS) is 23.1. The first-order valence-corrected chi connectivity index (χ1v) is 5.92. The van der Waals surface area contributed by atoms with Crippen LogP contribution in [-0.4, -0.2) is 41.1 Å². The van der Waals surface area contributed by atoms with Crippen LogP contribution in [0.1, 0.15) is 10.6 Å². The highest BCUT2D eigenvalue weighted by atomic mass is 35.5. The number of halogens is 4. The van der Waals surface area contributed by atoms with Crippen molar-refractivity contribution in [1.29, 1.82) is 0 Å². The number of amides is 1. The van der Waals surface area contributed by atoms with Crippen molar-refractivity contribution in [2.45, 2.75) is 6.18 Å². The zero-order chi connectivity index (χ0) is 15.1. The number of rotatable bonds is 2. The number of carbonyl (C=O) groups excluding carboxylic acids is 1. The lowest BCUT2D eigenvalue weighted by atomic mass is 9.96. The average molecular weight is 312 g/mol. The molecule has 1 fully saturated rings. The zero-order valence-electron chi connectivity index (χ0n) is 9.85. The molecule has 1 N–H and O–H groups in total. The number of hydrogen-bond donors (Lipinski definition) is 1. The minimum Gasteiger partial charge on any atom is -0.481 e. The summed E-state index contributed by atoms with van der Waals surface area (Å²) >= 11 is 5.48. The molecule has 0 radical (unpaired) electrons. The van der Waals surface area contributed by atoms with Crippen molar-refractivity contribution in [2.24, 2.45) is 11.8 Å². The topological polar surface area (TPSA) is 70.8 Å². The first-order chi connectivity index (χ1) is 9.20. The van der Waals surface area contributed by atoms with Gasteiger partial charge in [0.1, 0.15) is 0 Å². The smallest absolute Gasteiger partial charge is 0.394 e. The Hall–Kier alpha value is -1.70. The Kier molecular flexibility index (Phi) is 3.68. The zero-order valence-corrected chi connectivity index (χ0v) is 10.6. The summed E-state index contributed by atoms with van der Waals surface area (Å²) in [6, 6.07) is 2.50. The van der Waals surface area contributed by atoms with E-state index >= 15 is 0 Å². The van der Waals surface area contributed by atoms with Crippen molar-refractivity contribution in [2.75, 3.05) is 13.1 Å². The summed E-state index contributed by atoms with van der Waals surface area (Å²) in [4.78, 5) is 23.6. The first kappa shape index (κ1) is 14.7. The van der Waals surface area contributed by atoms with Crippen LogP contribution in [-0.2, 0) is 4.79 Å². The summed E-state index contributed by atoms with van der Waals surface area (Å²) in [5.74, 6) is -6.38. The predicted octanol–water partition coefficient (Wildman–Crippen LogP) is 2.27. The number of aliphatic carboxylic acids is 1. The van der Waals surface area contributed by atoms with Crippen molar-refractivity contribution in [3.8, 4) is 0 Å². The molecule has 1 amide bonds. The summed E-state index contributed by atoms with van der Waals surface area (Å²) < 4.78 is 43.1. The van der Waals surface area contributed by atoms with E-state index in [-0.39, 0.29) is 11.0 Å². The molecule has 0 unspecified atom stereocenters. The van der Waals surface area contributed by atoms with Crippen LogP contribution in [0, 0.1) is 11.8 Å². The van der Waals surface area contributed by atoms with Gasteiger partial charge in [0.15, 0.2) is 11.0 Å². The molecule has 9 heteroatoms. The van der Waals surface area contributed by atoms with Crippen LogP contribution in [0.4, 0.5) is 13.2 Å². The fourth-order valence-electron chi connectivity index (χ4n) is 2.14. The van der Waals surface area contributed by atoms with Crippen LogP contribution in [0.15, 0.2) is 16.5 Å². The molecule has 2 heterocycles. The molecule has 1 aliphatic heterocycles. The monoisotopic (exact) mass is 311 g/mol. The van der Waals surface area contributed by atoms with Gasteiger partial charge in [0.2, 0.25) is 0 Å². The summed E-state index contributed by atoms with van der Waals surface area (Å²) in [6.07, 6.45) is -4.68. The van der Waals surface area contributed by atoms with E-state index in [0.29, 0.717) is 0 Å². The van der Waals surface area contributed by atoms with Crippen molar-refractivity contribution >= 4 is 23.5 Å². The minimum absolute atomic E-state index is 0.0743. The van der Waals surface area contributed by atoms with Crippen LogP contribution < -0.4 is 0 Å². The van der Waals surface area contributed by atoms with E-state index in [1.54, 1.807) is 0 Å². The van der Waals surface area contributed by atoms with E-state index in [1.165, 1.54) is 12.1 Å². The molecule has 0 aromatic carbocycles. The molecule has 5 nitrogen and oxygen atoms in total. The lowest BCUT2D eigenvalue weighted by Crippen LogP contribution is -2.34. The minimum atomic E-state index is -4.68. The standard InChI is InChI=1S/C11H9ClF3NO4/c12-8-2-1-7(20-8)9(17)16-3-5(10(18)19)6(4-16)11(13,14)15/h1-2,5-6H,3-4H2,(H,18,19)/t5-,6-/m1/s1. The average Bonchev–Trinajstić information content (AvgIpc) is 2.93. The summed E-state index contributed by atoms with van der Waals surface area (Å²) in [5, 5.41) is 8.76. The Morgan fingerprint density at radius 3 is 2.40 bits per heavy atom. The predicted molar refractivity (Wildman–Crippen MR) is 60.3 cm³/mol. The van der Waals surface area contributed by atoms with Gasteiger partial charge in [0, 0.05) is 13.1 Å². The van der Waals surface area contributed by atoms with Crippen LogP contribution in [0.3, 0.4) is 0 Å². The van der Waals surface area contributed by atoms with Gasteiger partial charge in [0.05, 0.1) is 11.8 Å². The Morgan fingerprint density at radius 2 is 2.00 bits per heavy atom. The number of carboxylic acids is 1. The first-order valence-electron chi connectivity index (χ1n) is 5.54. The van der Waals surface area contributed by atoms with E-state index in [9.17, 15) is 22.8 Å². The SMILES string of the molecule is O=C(O)[C@@H]1CN(C(=O)c2ccc(Cl)o2)C[C@H]1C(F)(F)F. The van der Waals surface area contributed by atoms with E-state index < -0.39 is 43.0 Å². The third-order valence-electron chi connectivity index (χ3n) is 3.13. The molecule has 0 bridgehead atoms. The Labute approximate surface area is 115 Å². The molecule has 0 spiro atoms. The van der Waals surface area contributed by atoms with Gasteiger partial charge in [-0.1, -0.05) is 0 Å². The quantitative estimate of drug-likeness (QED) is 0.909. The van der Waals surface area contributed by atoms with E-state index in [2.05, 4.69) is 0 Å². The fourth-order valence-corrected chi connectivity index (χ4v) is 2.28. The highest BCUT2D eigenvalue weighted by molar-refractivity contribution is 6.29. The van der Waals surface area contributed by atoms with Crippen molar-refractivity contribution < 1.29 is 32.3 Å². The van der Waals surface area contributed by atoms with Crippen molar-refractivity contribution in [3.63, 3.8) is 0 Å². The van der Waals surface area contributed by atoms with Gasteiger partial charge >= 0.3 is 12.1 Å². The van der Waals surface area contributed by atoms with Gasteiger partial charge in [-0.2, -0.15) is 13.2 Å². The van der Waals surface area contributed by atoms with Crippen LogP contribution in [0.25, 0.3) is 0 Å². The van der Waals surface area contributed by atoms with Crippen molar-refractivity contribution in [1.82, 2.24) is 4.90 Å². The summed E-state index contributed by atoms with van der Waals surface area (Å²) in [5.41, 5.74) is 0. The number of alkyl halides is 3. The number of carbonyl (C=O) groups is 2. The number of nitrogens with zero attached hydrogens (tertiary/aromatic N) is 1. The molecule has 2 rings (SSSR count). The number of furan rings is 1. The second-order valence-electron chi connectivity index (χ2n) is 4.41. The molecule has 110 valence electrons. The largest absolute Gasteiger partial charge is 0.481 e. The van der Waals surface area contributed by atoms with Gasteiger partial charge in [0.25, 0.3) is 5.91 Å². The van der Waals surface area contributed by atoms with Gasteiger partial charge in [-0.3, -0.25) is 9.59 Å². The van der Waals surface area contributed by atoms with Crippen LogP contribution >= 0.6 is 11.6 Å². The maximum absolute atomic E-state index is 12.8. The van der Waals surface area contributed by atoms with Gasteiger partial charge in [-0.05, 0) is 23.7 Å². The van der Waals surface area contributed by atoms with Crippen LogP contribution in [0.5, 0.6) is 0 Å². The third kappa shape index (κ3) is 2.74. The molecule has 1 aromatic rings. The molecule has 0 saturated carbocycles. The van der Waals surface area contributed by atoms with Gasteiger partial charge < -0.3 is 14.4 Å². The maximum atomic E-state index is 12.8. The fraction of sp³-hybridized carbons (Fsp3) is 0.455. The Bertz CT molecular complexity index is 542. The molecule has 1 saturated heterocycles. The van der Waals surface area contributed by atoms with Gasteiger partial charge in [-0.25, -0.2) is 0 Å². The number of hydrogen-bond acceptors (Lipinski definition) is 3. The molecule has 0 aliphatic carbocycles. The van der Waals surface area contributed by atoms with Crippen LogP contribution in [0.2, 0.25) is 5.22 Å². The van der Waals surface area contributed by atoms with E-state index in [1.807, 2.05) is 0 Å².